The molecule has 0 saturated carbocycles. The summed E-state index contributed by atoms with van der Waals surface area (Å²) in [5.74, 6) is 0.384. The molecule has 0 aromatic heterocycles. The first-order valence-electron chi connectivity index (χ1n) is 6.14. The largest absolute Gasteiger partial charge is 0.354 e. The Labute approximate surface area is 104 Å². The number of amides is 1. The summed E-state index contributed by atoms with van der Waals surface area (Å²) in [4.78, 5) is 11.8. The second-order valence-electron chi connectivity index (χ2n) is 4.54. The zero-order chi connectivity index (χ0) is 12.7. The highest BCUT2D eigenvalue weighted by Crippen LogP contribution is 2.01. The van der Waals surface area contributed by atoms with Crippen LogP contribution >= 0.6 is 0 Å². The van der Waals surface area contributed by atoms with Crippen molar-refractivity contribution in [2.24, 2.45) is 5.92 Å². The predicted molar refractivity (Wildman–Crippen MR) is 70.8 cm³/mol. The molecule has 1 unspecified atom stereocenters. The molecule has 0 spiro atoms. The summed E-state index contributed by atoms with van der Waals surface area (Å²) >= 11 is 0. The number of hydrogen-bond donors (Lipinski definition) is 2. The van der Waals surface area contributed by atoms with Crippen molar-refractivity contribution in [1.82, 2.24) is 10.6 Å². The van der Waals surface area contributed by atoms with Gasteiger partial charge in [-0.25, -0.2) is 0 Å². The van der Waals surface area contributed by atoms with Crippen molar-refractivity contribution in [2.75, 3.05) is 13.6 Å². The van der Waals surface area contributed by atoms with Crippen molar-refractivity contribution in [3.05, 3.63) is 35.9 Å². The molecule has 0 aliphatic rings. The van der Waals surface area contributed by atoms with Gasteiger partial charge in [-0.3, -0.25) is 4.79 Å². The minimum Gasteiger partial charge on any atom is -0.354 e. The fraction of sp³-hybridized carbons (Fsp3) is 0.500. The van der Waals surface area contributed by atoms with Crippen molar-refractivity contribution < 1.29 is 4.79 Å². The molecule has 2 N–H and O–H groups in total. The first kappa shape index (κ1) is 13.7. The molecule has 1 rings (SSSR count). The topological polar surface area (TPSA) is 41.1 Å². The number of carbonyl (C=O) groups excluding carboxylic acids is 1. The highest BCUT2D eigenvalue weighted by atomic mass is 16.2. The standard InChI is InChI=1S/C14H22N2O/c1-11(2)13(15-3)14(17)16-10-9-12-7-5-4-6-8-12/h4-8,11,13,15H,9-10H2,1-3H3,(H,16,17). The third kappa shape index (κ3) is 4.57. The molecule has 1 amide bonds. The number of hydrogen-bond acceptors (Lipinski definition) is 2. The van der Waals surface area contributed by atoms with Crippen LogP contribution < -0.4 is 10.6 Å². The zero-order valence-corrected chi connectivity index (χ0v) is 10.9. The normalized spacial score (nSPS) is 12.5. The molecule has 3 nitrogen and oxygen atoms in total. The van der Waals surface area contributed by atoms with Gasteiger partial charge in [0.25, 0.3) is 0 Å². The maximum absolute atomic E-state index is 11.8. The Balaban J connectivity index is 2.33. The van der Waals surface area contributed by atoms with Gasteiger partial charge < -0.3 is 10.6 Å². The van der Waals surface area contributed by atoms with E-state index in [-0.39, 0.29) is 11.9 Å². The van der Waals surface area contributed by atoms with E-state index in [1.807, 2.05) is 39.1 Å². The van der Waals surface area contributed by atoms with E-state index in [9.17, 15) is 4.79 Å². The van der Waals surface area contributed by atoms with E-state index in [0.29, 0.717) is 12.5 Å². The average molecular weight is 234 g/mol. The van der Waals surface area contributed by atoms with Crippen LogP contribution in [0.2, 0.25) is 0 Å². The molecule has 94 valence electrons. The van der Waals surface area contributed by atoms with Crippen molar-refractivity contribution in [2.45, 2.75) is 26.3 Å². The minimum atomic E-state index is -0.106. The van der Waals surface area contributed by atoms with Crippen molar-refractivity contribution in [1.29, 1.82) is 0 Å². The molecule has 0 heterocycles. The second kappa shape index (κ2) is 7.07. The van der Waals surface area contributed by atoms with Gasteiger partial charge in [-0.05, 0) is 24.9 Å². The Morgan fingerprint density at radius 1 is 1.24 bits per heavy atom. The summed E-state index contributed by atoms with van der Waals surface area (Å²) in [6, 6.07) is 10.1. The second-order valence-corrected chi connectivity index (χ2v) is 4.54. The molecule has 0 saturated heterocycles. The third-order valence-corrected chi connectivity index (χ3v) is 2.82. The molecular weight excluding hydrogens is 212 g/mol. The van der Waals surface area contributed by atoms with E-state index in [1.54, 1.807) is 0 Å². The monoisotopic (exact) mass is 234 g/mol. The fourth-order valence-corrected chi connectivity index (χ4v) is 1.85. The molecule has 1 aromatic rings. The highest BCUT2D eigenvalue weighted by Gasteiger charge is 2.18. The van der Waals surface area contributed by atoms with Gasteiger partial charge in [0.1, 0.15) is 0 Å². The maximum atomic E-state index is 11.8. The van der Waals surface area contributed by atoms with E-state index in [2.05, 4.69) is 22.8 Å². The molecule has 17 heavy (non-hydrogen) atoms. The lowest BCUT2D eigenvalue weighted by molar-refractivity contribution is -0.123. The number of likely N-dealkylation sites (N-methyl/N-ethyl adjacent to an activating group) is 1. The Morgan fingerprint density at radius 2 is 1.88 bits per heavy atom. The SMILES string of the molecule is CNC(C(=O)NCCc1ccccc1)C(C)C. The molecular formula is C14H22N2O. The summed E-state index contributed by atoms with van der Waals surface area (Å²) in [5, 5.41) is 6.00. The lowest BCUT2D eigenvalue weighted by atomic mass is 10.0. The van der Waals surface area contributed by atoms with Crippen LogP contribution in [-0.2, 0) is 11.2 Å². The van der Waals surface area contributed by atoms with Crippen molar-refractivity contribution in [3.8, 4) is 0 Å². The van der Waals surface area contributed by atoms with Gasteiger partial charge in [-0.15, -0.1) is 0 Å². The predicted octanol–water partition coefficient (Wildman–Crippen LogP) is 1.59. The Hall–Kier alpha value is -1.35. The first-order chi connectivity index (χ1) is 8.15. The maximum Gasteiger partial charge on any atom is 0.237 e. The highest BCUT2D eigenvalue weighted by molar-refractivity contribution is 5.81. The first-order valence-corrected chi connectivity index (χ1v) is 6.14. The average Bonchev–Trinajstić information content (AvgIpc) is 2.30. The third-order valence-electron chi connectivity index (χ3n) is 2.82. The van der Waals surface area contributed by atoms with Crippen LogP contribution in [-0.4, -0.2) is 25.5 Å². The minimum absolute atomic E-state index is 0.0819. The number of benzene rings is 1. The molecule has 0 aliphatic carbocycles. The van der Waals surface area contributed by atoms with E-state index in [0.717, 1.165) is 6.42 Å². The van der Waals surface area contributed by atoms with Crippen LogP contribution in [0.5, 0.6) is 0 Å². The Morgan fingerprint density at radius 3 is 2.41 bits per heavy atom. The molecule has 1 aromatic carbocycles. The van der Waals surface area contributed by atoms with E-state index >= 15 is 0 Å². The van der Waals surface area contributed by atoms with Gasteiger partial charge >= 0.3 is 0 Å². The van der Waals surface area contributed by atoms with Crippen molar-refractivity contribution >= 4 is 5.91 Å². The summed E-state index contributed by atoms with van der Waals surface area (Å²) in [7, 11) is 1.82. The molecule has 0 bridgehead atoms. The number of carbonyl (C=O) groups is 1. The van der Waals surface area contributed by atoms with Crippen LogP contribution in [0.4, 0.5) is 0 Å². The van der Waals surface area contributed by atoms with Crippen LogP contribution in [0.1, 0.15) is 19.4 Å². The zero-order valence-electron chi connectivity index (χ0n) is 10.9. The van der Waals surface area contributed by atoms with E-state index < -0.39 is 0 Å². The molecule has 1 atom stereocenters. The number of rotatable bonds is 6. The van der Waals surface area contributed by atoms with Gasteiger partial charge in [-0.1, -0.05) is 44.2 Å². The molecule has 0 radical (unpaired) electrons. The van der Waals surface area contributed by atoms with Gasteiger partial charge in [0.05, 0.1) is 6.04 Å². The Bertz CT molecular complexity index is 335. The van der Waals surface area contributed by atoms with Gasteiger partial charge in [0.15, 0.2) is 0 Å². The van der Waals surface area contributed by atoms with Gasteiger partial charge in [-0.2, -0.15) is 0 Å². The summed E-state index contributed by atoms with van der Waals surface area (Å²) < 4.78 is 0. The van der Waals surface area contributed by atoms with Crippen molar-refractivity contribution in [3.63, 3.8) is 0 Å². The van der Waals surface area contributed by atoms with Crippen LogP contribution in [0.15, 0.2) is 30.3 Å². The summed E-state index contributed by atoms with van der Waals surface area (Å²) in [6.07, 6.45) is 0.876. The summed E-state index contributed by atoms with van der Waals surface area (Å²) in [5.41, 5.74) is 1.25. The van der Waals surface area contributed by atoms with Crippen LogP contribution in [0, 0.1) is 5.92 Å². The smallest absolute Gasteiger partial charge is 0.237 e. The lowest BCUT2D eigenvalue weighted by Gasteiger charge is -2.19. The molecule has 3 heteroatoms. The van der Waals surface area contributed by atoms with E-state index in [4.69, 9.17) is 0 Å². The lowest BCUT2D eigenvalue weighted by Crippen LogP contribution is -2.46. The summed E-state index contributed by atoms with van der Waals surface area (Å²) in [6.45, 7) is 4.77. The molecule has 0 aliphatic heterocycles. The Kier molecular flexibility index (Phi) is 5.70. The molecule has 0 fully saturated rings. The number of nitrogens with one attached hydrogen (secondary N) is 2. The fourth-order valence-electron chi connectivity index (χ4n) is 1.85. The quantitative estimate of drug-likeness (QED) is 0.785. The van der Waals surface area contributed by atoms with Crippen LogP contribution in [0.25, 0.3) is 0 Å². The van der Waals surface area contributed by atoms with Gasteiger partial charge in [0, 0.05) is 6.54 Å². The van der Waals surface area contributed by atoms with Crippen LogP contribution in [0.3, 0.4) is 0 Å². The van der Waals surface area contributed by atoms with E-state index in [1.165, 1.54) is 5.56 Å². The van der Waals surface area contributed by atoms with Gasteiger partial charge in [0.2, 0.25) is 5.91 Å².